The van der Waals surface area contributed by atoms with E-state index in [9.17, 15) is 4.39 Å². The predicted molar refractivity (Wildman–Crippen MR) is 78.2 cm³/mol. The van der Waals surface area contributed by atoms with Gasteiger partial charge in [0.15, 0.2) is 5.82 Å². The first-order valence-electron chi connectivity index (χ1n) is 6.82. The SMILES string of the molecule is COC1CCCC1Nc1c(F)cc(N)c2cccnc12. The number of nitrogen functional groups attached to an aromatic ring is 1. The Bertz CT molecular complexity index is 632. The molecule has 20 heavy (non-hydrogen) atoms. The summed E-state index contributed by atoms with van der Waals surface area (Å²) in [5, 5.41) is 4.03. The summed E-state index contributed by atoms with van der Waals surface area (Å²) >= 11 is 0. The number of nitrogens with zero attached hydrogens (tertiary/aromatic N) is 1. The van der Waals surface area contributed by atoms with Gasteiger partial charge >= 0.3 is 0 Å². The van der Waals surface area contributed by atoms with E-state index in [-0.39, 0.29) is 18.0 Å². The highest BCUT2D eigenvalue weighted by Gasteiger charge is 2.28. The van der Waals surface area contributed by atoms with Gasteiger partial charge in [-0.15, -0.1) is 0 Å². The molecule has 0 radical (unpaired) electrons. The normalized spacial score (nSPS) is 22.3. The number of rotatable bonds is 3. The number of nitrogens with one attached hydrogen (secondary N) is 1. The highest BCUT2D eigenvalue weighted by molar-refractivity contribution is 5.98. The molecule has 5 heteroatoms. The summed E-state index contributed by atoms with van der Waals surface area (Å²) in [6.07, 6.45) is 4.81. The van der Waals surface area contributed by atoms with E-state index in [0.29, 0.717) is 16.9 Å². The fraction of sp³-hybridized carbons (Fsp3) is 0.400. The van der Waals surface area contributed by atoms with E-state index in [1.807, 2.05) is 6.07 Å². The first kappa shape index (κ1) is 13.1. The molecular formula is C15H18FN3O. The molecule has 0 aliphatic heterocycles. The number of aromatic nitrogens is 1. The van der Waals surface area contributed by atoms with E-state index in [1.165, 1.54) is 6.07 Å². The molecule has 1 aromatic heterocycles. The van der Waals surface area contributed by atoms with E-state index in [4.69, 9.17) is 10.5 Å². The van der Waals surface area contributed by atoms with Gasteiger partial charge in [-0.2, -0.15) is 0 Å². The third-order valence-corrected chi connectivity index (χ3v) is 3.96. The molecule has 0 saturated heterocycles. The van der Waals surface area contributed by atoms with Crippen LogP contribution in [0.4, 0.5) is 15.8 Å². The fourth-order valence-corrected chi connectivity index (χ4v) is 2.93. The van der Waals surface area contributed by atoms with Crippen LogP contribution >= 0.6 is 0 Å². The number of ether oxygens (including phenoxy) is 1. The van der Waals surface area contributed by atoms with E-state index < -0.39 is 0 Å². The van der Waals surface area contributed by atoms with Crippen LogP contribution in [0.25, 0.3) is 10.9 Å². The smallest absolute Gasteiger partial charge is 0.150 e. The van der Waals surface area contributed by atoms with E-state index in [2.05, 4.69) is 10.3 Å². The summed E-state index contributed by atoms with van der Waals surface area (Å²) in [5.74, 6) is -0.365. The molecule has 0 bridgehead atoms. The Morgan fingerprint density at radius 3 is 3.10 bits per heavy atom. The minimum atomic E-state index is -0.365. The van der Waals surface area contributed by atoms with Crippen LogP contribution in [-0.4, -0.2) is 24.2 Å². The van der Waals surface area contributed by atoms with Crippen molar-refractivity contribution in [3.8, 4) is 0 Å². The Kier molecular flexibility index (Phi) is 3.44. The Morgan fingerprint density at radius 1 is 1.45 bits per heavy atom. The maximum atomic E-state index is 14.2. The van der Waals surface area contributed by atoms with Gasteiger partial charge < -0.3 is 15.8 Å². The number of fused-ring (bicyclic) bond motifs is 1. The van der Waals surface area contributed by atoms with Gasteiger partial charge in [-0.25, -0.2) is 4.39 Å². The number of nitrogens with two attached hydrogens (primary N) is 1. The number of halogens is 1. The summed E-state index contributed by atoms with van der Waals surface area (Å²) < 4.78 is 19.7. The Labute approximate surface area is 117 Å². The fourth-order valence-electron chi connectivity index (χ4n) is 2.93. The zero-order valence-electron chi connectivity index (χ0n) is 11.4. The number of hydrogen-bond acceptors (Lipinski definition) is 4. The van der Waals surface area contributed by atoms with E-state index in [0.717, 1.165) is 24.6 Å². The van der Waals surface area contributed by atoms with Crippen molar-refractivity contribution in [3.63, 3.8) is 0 Å². The molecule has 3 rings (SSSR count). The van der Waals surface area contributed by atoms with Crippen LogP contribution in [0.15, 0.2) is 24.4 Å². The van der Waals surface area contributed by atoms with Crippen LogP contribution in [0.2, 0.25) is 0 Å². The van der Waals surface area contributed by atoms with Crippen molar-refractivity contribution in [2.45, 2.75) is 31.4 Å². The molecule has 4 nitrogen and oxygen atoms in total. The third-order valence-electron chi connectivity index (χ3n) is 3.96. The molecule has 2 unspecified atom stereocenters. The number of methoxy groups -OCH3 is 1. The molecule has 1 saturated carbocycles. The summed E-state index contributed by atoms with van der Waals surface area (Å²) in [5.41, 5.74) is 7.26. The standard InChI is InChI=1S/C15H18FN3O/c1-20-13-6-2-5-12(13)19-15-10(16)8-11(17)9-4-3-7-18-14(9)15/h3-4,7-8,12-13,19H,2,5-6,17H2,1H3. The topological polar surface area (TPSA) is 60.2 Å². The molecule has 106 valence electrons. The molecule has 1 aliphatic carbocycles. The number of benzene rings is 1. The van der Waals surface area contributed by atoms with Crippen LogP contribution in [0, 0.1) is 5.82 Å². The van der Waals surface area contributed by atoms with Gasteiger partial charge in [0.1, 0.15) is 0 Å². The Balaban J connectivity index is 2.03. The maximum Gasteiger partial charge on any atom is 0.150 e. The number of pyridine rings is 1. The summed E-state index contributed by atoms with van der Waals surface area (Å²) in [4.78, 5) is 4.27. The van der Waals surface area contributed by atoms with Crippen molar-refractivity contribution in [2.75, 3.05) is 18.2 Å². The summed E-state index contributed by atoms with van der Waals surface area (Å²) in [6, 6.07) is 5.12. The molecule has 1 aromatic carbocycles. The second-order valence-corrected chi connectivity index (χ2v) is 5.18. The van der Waals surface area contributed by atoms with E-state index >= 15 is 0 Å². The average molecular weight is 275 g/mol. The van der Waals surface area contributed by atoms with Gasteiger partial charge in [0, 0.05) is 24.4 Å². The maximum absolute atomic E-state index is 14.2. The van der Waals surface area contributed by atoms with Gasteiger partial charge in [-0.3, -0.25) is 4.98 Å². The van der Waals surface area contributed by atoms with Crippen LogP contribution in [0.5, 0.6) is 0 Å². The zero-order chi connectivity index (χ0) is 14.1. The van der Waals surface area contributed by atoms with Crippen LogP contribution < -0.4 is 11.1 Å². The first-order valence-corrected chi connectivity index (χ1v) is 6.82. The third kappa shape index (κ3) is 2.18. The molecule has 1 heterocycles. The highest BCUT2D eigenvalue weighted by Crippen LogP contribution is 2.32. The summed E-state index contributed by atoms with van der Waals surface area (Å²) in [7, 11) is 1.69. The molecular weight excluding hydrogens is 257 g/mol. The van der Waals surface area contributed by atoms with Crippen LogP contribution in [0.1, 0.15) is 19.3 Å². The van der Waals surface area contributed by atoms with Crippen molar-refractivity contribution < 1.29 is 9.13 Å². The van der Waals surface area contributed by atoms with Crippen molar-refractivity contribution in [2.24, 2.45) is 0 Å². The Hall–Kier alpha value is -1.88. The van der Waals surface area contributed by atoms with Gasteiger partial charge in [0.2, 0.25) is 0 Å². The number of hydrogen-bond donors (Lipinski definition) is 2. The average Bonchev–Trinajstić information content (AvgIpc) is 2.90. The molecule has 2 aromatic rings. The predicted octanol–water partition coefficient (Wildman–Crippen LogP) is 2.94. The quantitative estimate of drug-likeness (QED) is 0.845. The van der Waals surface area contributed by atoms with Gasteiger partial charge in [0.25, 0.3) is 0 Å². The molecule has 0 amide bonds. The lowest BCUT2D eigenvalue weighted by Gasteiger charge is -2.22. The van der Waals surface area contributed by atoms with Crippen LogP contribution in [0.3, 0.4) is 0 Å². The van der Waals surface area contributed by atoms with Crippen LogP contribution in [-0.2, 0) is 4.74 Å². The van der Waals surface area contributed by atoms with Gasteiger partial charge in [-0.1, -0.05) is 0 Å². The van der Waals surface area contributed by atoms with Crippen molar-refractivity contribution >= 4 is 22.3 Å². The minimum Gasteiger partial charge on any atom is -0.398 e. The van der Waals surface area contributed by atoms with E-state index in [1.54, 1.807) is 19.4 Å². The monoisotopic (exact) mass is 275 g/mol. The molecule has 2 atom stereocenters. The lowest BCUT2D eigenvalue weighted by molar-refractivity contribution is 0.101. The second kappa shape index (κ2) is 5.25. The summed E-state index contributed by atoms with van der Waals surface area (Å²) in [6.45, 7) is 0. The first-order chi connectivity index (χ1) is 9.70. The van der Waals surface area contributed by atoms with Crippen molar-refractivity contribution in [3.05, 3.63) is 30.2 Å². The Morgan fingerprint density at radius 2 is 2.30 bits per heavy atom. The zero-order valence-corrected chi connectivity index (χ0v) is 11.4. The largest absolute Gasteiger partial charge is 0.398 e. The number of anilines is 2. The molecule has 1 fully saturated rings. The van der Waals surface area contributed by atoms with Crippen molar-refractivity contribution in [1.82, 2.24) is 4.98 Å². The lowest BCUT2D eigenvalue weighted by Crippen LogP contribution is -2.30. The van der Waals surface area contributed by atoms with Gasteiger partial charge in [0.05, 0.1) is 23.3 Å². The second-order valence-electron chi connectivity index (χ2n) is 5.18. The molecule has 0 spiro atoms. The highest BCUT2D eigenvalue weighted by atomic mass is 19.1. The molecule has 3 N–H and O–H groups in total. The van der Waals surface area contributed by atoms with Crippen molar-refractivity contribution in [1.29, 1.82) is 0 Å². The van der Waals surface area contributed by atoms with Gasteiger partial charge in [-0.05, 0) is 37.5 Å². The lowest BCUT2D eigenvalue weighted by atomic mass is 10.1. The minimum absolute atomic E-state index is 0.114. The molecule has 1 aliphatic rings.